The topological polar surface area (TPSA) is 3.24 Å². The van der Waals surface area contributed by atoms with Gasteiger partial charge >= 0.3 is 0 Å². The maximum Gasteiger partial charge on any atom is 0.0193 e. The highest BCUT2D eigenvalue weighted by Crippen LogP contribution is 2.33. The third-order valence-electron chi connectivity index (χ3n) is 8.14. The van der Waals surface area contributed by atoms with Crippen LogP contribution >= 0.6 is 0 Å². The van der Waals surface area contributed by atoms with Crippen molar-refractivity contribution in [2.45, 2.75) is 118 Å². The molecular formula is C35H57N. The van der Waals surface area contributed by atoms with E-state index in [9.17, 15) is 0 Å². The molecule has 0 saturated heterocycles. The van der Waals surface area contributed by atoms with Crippen LogP contribution < -0.4 is 0 Å². The molecule has 0 aromatic carbocycles. The maximum absolute atomic E-state index is 4.56. The van der Waals surface area contributed by atoms with Gasteiger partial charge in [-0.15, -0.1) is 0 Å². The molecule has 2 aliphatic rings. The zero-order valence-corrected chi connectivity index (χ0v) is 24.6. The van der Waals surface area contributed by atoms with Crippen LogP contribution in [0.5, 0.6) is 0 Å². The summed E-state index contributed by atoms with van der Waals surface area (Å²) in [7, 11) is 0. The van der Waals surface area contributed by atoms with Gasteiger partial charge in [0.2, 0.25) is 0 Å². The molecular weight excluding hydrogens is 434 g/mol. The van der Waals surface area contributed by atoms with E-state index in [1.54, 1.807) is 11.1 Å². The molecule has 2 rings (SSSR count). The molecule has 0 bridgehead atoms. The third-order valence-corrected chi connectivity index (χ3v) is 8.14. The molecule has 2 unspecified atom stereocenters. The fourth-order valence-electron chi connectivity index (χ4n) is 5.80. The Bertz CT molecular complexity index is 810. The summed E-state index contributed by atoms with van der Waals surface area (Å²) in [6.07, 6.45) is 25.9. The van der Waals surface area contributed by atoms with Crippen LogP contribution in [0.15, 0.2) is 70.9 Å². The number of hydrogen-bond donors (Lipinski definition) is 0. The Labute approximate surface area is 225 Å². The first-order valence-electron chi connectivity index (χ1n) is 15.0. The Morgan fingerprint density at radius 3 is 1.81 bits per heavy atom. The second-order valence-corrected chi connectivity index (χ2v) is 12.0. The molecule has 2 aliphatic carbocycles. The minimum atomic E-state index is 0.673. The Balaban J connectivity index is 1.71. The Morgan fingerprint density at radius 1 is 0.833 bits per heavy atom. The molecule has 0 aromatic rings. The minimum absolute atomic E-state index is 0.673. The van der Waals surface area contributed by atoms with Gasteiger partial charge in [0.15, 0.2) is 0 Å². The van der Waals surface area contributed by atoms with Crippen LogP contribution in [0.25, 0.3) is 0 Å². The molecule has 0 heterocycles. The lowest BCUT2D eigenvalue weighted by Crippen LogP contribution is -2.30. The van der Waals surface area contributed by atoms with Gasteiger partial charge in [0.1, 0.15) is 0 Å². The van der Waals surface area contributed by atoms with Crippen LogP contribution in [0, 0.1) is 11.8 Å². The van der Waals surface area contributed by atoms with Gasteiger partial charge in [0.25, 0.3) is 0 Å². The molecule has 0 saturated carbocycles. The average Bonchev–Trinajstić information content (AvgIpc) is 2.84. The van der Waals surface area contributed by atoms with Crippen molar-refractivity contribution in [1.82, 2.24) is 4.90 Å². The van der Waals surface area contributed by atoms with Gasteiger partial charge in [0, 0.05) is 6.54 Å². The maximum atomic E-state index is 4.56. The monoisotopic (exact) mass is 491 g/mol. The molecule has 202 valence electrons. The van der Waals surface area contributed by atoms with Crippen LogP contribution in [0.4, 0.5) is 0 Å². The highest BCUT2D eigenvalue weighted by molar-refractivity contribution is 5.16. The van der Waals surface area contributed by atoms with E-state index in [1.807, 2.05) is 0 Å². The number of rotatable bonds is 16. The predicted molar refractivity (Wildman–Crippen MR) is 162 cm³/mol. The molecule has 0 aliphatic heterocycles. The largest absolute Gasteiger partial charge is 0.299 e. The second kappa shape index (κ2) is 17.0. The van der Waals surface area contributed by atoms with E-state index in [1.165, 1.54) is 119 Å². The summed E-state index contributed by atoms with van der Waals surface area (Å²) in [4.78, 5) is 2.66. The normalized spacial score (nSPS) is 19.9. The molecule has 0 spiro atoms. The Hall–Kier alpha value is -1.60. The molecule has 0 fully saturated rings. The lowest BCUT2D eigenvalue weighted by atomic mass is 9.82. The van der Waals surface area contributed by atoms with Crippen LogP contribution in [-0.2, 0) is 0 Å². The van der Waals surface area contributed by atoms with E-state index in [4.69, 9.17) is 0 Å². The van der Waals surface area contributed by atoms with Crippen molar-refractivity contribution in [3.63, 3.8) is 0 Å². The third kappa shape index (κ3) is 12.1. The smallest absolute Gasteiger partial charge is 0.0193 e. The van der Waals surface area contributed by atoms with Crippen LogP contribution in [0.2, 0.25) is 0 Å². The lowest BCUT2D eigenvalue weighted by molar-refractivity contribution is 0.280. The van der Waals surface area contributed by atoms with Crippen molar-refractivity contribution in [3.8, 4) is 0 Å². The summed E-state index contributed by atoms with van der Waals surface area (Å²) in [5.74, 6) is 1.37. The second-order valence-electron chi connectivity index (χ2n) is 12.0. The van der Waals surface area contributed by atoms with Crippen molar-refractivity contribution in [3.05, 3.63) is 70.9 Å². The Kier molecular flexibility index (Phi) is 14.5. The fraction of sp³-hybridized carbons (Fsp3) is 0.657. The van der Waals surface area contributed by atoms with Crippen molar-refractivity contribution in [2.24, 2.45) is 11.8 Å². The van der Waals surface area contributed by atoms with Gasteiger partial charge in [-0.2, -0.15) is 0 Å². The van der Waals surface area contributed by atoms with E-state index < -0.39 is 0 Å². The summed E-state index contributed by atoms with van der Waals surface area (Å²) < 4.78 is 0. The number of nitrogens with zero attached hydrogens (tertiary/aromatic N) is 1. The van der Waals surface area contributed by atoms with Crippen molar-refractivity contribution < 1.29 is 0 Å². The molecule has 1 nitrogen and oxygen atoms in total. The van der Waals surface area contributed by atoms with E-state index in [2.05, 4.69) is 77.0 Å². The van der Waals surface area contributed by atoms with Gasteiger partial charge in [-0.05, 0) is 136 Å². The molecule has 2 atom stereocenters. The summed E-state index contributed by atoms with van der Waals surface area (Å²) in [6, 6.07) is 0. The highest BCUT2D eigenvalue weighted by atomic mass is 15.1. The van der Waals surface area contributed by atoms with E-state index in [0.29, 0.717) is 11.8 Å². The van der Waals surface area contributed by atoms with E-state index in [-0.39, 0.29) is 0 Å². The van der Waals surface area contributed by atoms with E-state index >= 15 is 0 Å². The molecule has 0 aromatic heterocycles. The number of allylic oxidation sites excluding steroid dienone is 9. The van der Waals surface area contributed by atoms with Gasteiger partial charge < -0.3 is 0 Å². The van der Waals surface area contributed by atoms with Crippen LogP contribution in [0.1, 0.15) is 118 Å². The summed E-state index contributed by atoms with van der Waals surface area (Å²) >= 11 is 0. The quantitative estimate of drug-likeness (QED) is 0.194. The average molecular weight is 492 g/mol. The van der Waals surface area contributed by atoms with Crippen molar-refractivity contribution in [1.29, 1.82) is 0 Å². The molecule has 36 heavy (non-hydrogen) atoms. The summed E-state index contributed by atoms with van der Waals surface area (Å²) in [5, 5.41) is 0. The van der Waals surface area contributed by atoms with E-state index in [0.717, 1.165) is 6.54 Å². The van der Waals surface area contributed by atoms with Gasteiger partial charge in [0.05, 0.1) is 0 Å². The SMILES string of the molecule is C=C(CCCN(CCC)CC(=C)C1CC=C(CCC=C(C)C)CC1)C1CC=C(CCC=C(C)C)CC1. The molecule has 1 heteroatoms. The summed E-state index contributed by atoms with van der Waals surface area (Å²) in [6.45, 7) is 23.6. The first-order chi connectivity index (χ1) is 17.3. The number of hydrogen-bond acceptors (Lipinski definition) is 1. The molecule has 0 amide bonds. The van der Waals surface area contributed by atoms with Gasteiger partial charge in [-0.1, -0.05) is 77.8 Å². The first-order valence-corrected chi connectivity index (χ1v) is 15.0. The fourth-order valence-corrected chi connectivity index (χ4v) is 5.80. The van der Waals surface area contributed by atoms with Gasteiger partial charge in [-0.25, -0.2) is 0 Å². The Morgan fingerprint density at radius 2 is 1.36 bits per heavy atom. The zero-order valence-electron chi connectivity index (χ0n) is 24.6. The van der Waals surface area contributed by atoms with Crippen LogP contribution in [-0.4, -0.2) is 24.5 Å². The minimum Gasteiger partial charge on any atom is -0.299 e. The first kappa shape index (κ1) is 30.6. The predicted octanol–water partition coefficient (Wildman–Crippen LogP) is 10.5. The lowest BCUT2D eigenvalue weighted by Gasteiger charge is -2.29. The zero-order chi connectivity index (χ0) is 26.3. The van der Waals surface area contributed by atoms with Crippen LogP contribution in [0.3, 0.4) is 0 Å². The van der Waals surface area contributed by atoms with Crippen molar-refractivity contribution >= 4 is 0 Å². The summed E-state index contributed by atoms with van der Waals surface area (Å²) in [5.41, 5.74) is 9.16. The standard InChI is InChI=1S/C35H57N/c1-8-25-36(27-31(7)35-23-19-33(20-24-35)16-10-13-29(4)5)26-11-14-30(6)34-21-17-32(18-22-34)15-9-12-28(2)3/h12-13,17,19,34-35H,6-11,14-16,18,20-27H2,1-5H3. The molecule has 0 radical (unpaired) electrons. The molecule has 0 N–H and O–H groups in total. The highest BCUT2D eigenvalue weighted by Gasteiger charge is 2.20. The van der Waals surface area contributed by atoms with Crippen molar-refractivity contribution in [2.75, 3.05) is 19.6 Å². The van der Waals surface area contributed by atoms with Gasteiger partial charge in [-0.3, -0.25) is 4.90 Å².